The number of nitrogens with zero attached hydrogens (tertiary/aromatic N) is 1. The standard InChI is InChI=1S/C12H20N2O4/c1-2-18-12(17)8-7-13-5-3-9(8)14-6-4-10(15)11(14)16/h8-10,13,15H,2-7H2,1H3/t8?,9?,10-/m1/s1. The molecule has 0 spiro atoms. The van der Waals surface area contributed by atoms with E-state index in [0.29, 0.717) is 26.1 Å². The molecule has 2 saturated heterocycles. The van der Waals surface area contributed by atoms with Crippen LogP contribution in [0, 0.1) is 5.92 Å². The van der Waals surface area contributed by atoms with Gasteiger partial charge in [-0.2, -0.15) is 0 Å². The molecule has 1 amide bonds. The molecule has 6 heteroatoms. The summed E-state index contributed by atoms with van der Waals surface area (Å²) in [4.78, 5) is 25.4. The first-order valence-corrected chi connectivity index (χ1v) is 6.51. The molecule has 0 aromatic heterocycles. The van der Waals surface area contributed by atoms with Crippen molar-refractivity contribution in [3.8, 4) is 0 Å². The van der Waals surface area contributed by atoms with Gasteiger partial charge < -0.3 is 20.1 Å². The molecule has 2 aliphatic rings. The maximum Gasteiger partial charge on any atom is 0.312 e. The van der Waals surface area contributed by atoms with Gasteiger partial charge in [0.2, 0.25) is 0 Å². The minimum Gasteiger partial charge on any atom is -0.466 e. The molecule has 2 fully saturated rings. The molecule has 6 nitrogen and oxygen atoms in total. The summed E-state index contributed by atoms with van der Waals surface area (Å²) in [6, 6.07) is -0.144. The van der Waals surface area contributed by atoms with E-state index in [4.69, 9.17) is 4.74 Å². The average molecular weight is 256 g/mol. The smallest absolute Gasteiger partial charge is 0.312 e. The highest BCUT2D eigenvalue weighted by atomic mass is 16.5. The number of nitrogens with one attached hydrogen (secondary N) is 1. The van der Waals surface area contributed by atoms with E-state index in [9.17, 15) is 14.7 Å². The second kappa shape index (κ2) is 5.67. The fourth-order valence-corrected chi connectivity index (χ4v) is 2.72. The van der Waals surface area contributed by atoms with Crippen LogP contribution < -0.4 is 5.32 Å². The summed E-state index contributed by atoms with van der Waals surface area (Å²) < 4.78 is 5.05. The Bertz CT molecular complexity index is 334. The zero-order chi connectivity index (χ0) is 13.1. The van der Waals surface area contributed by atoms with Crippen molar-refractivity contribution in [2.75, 3.05) is 26.2 Å². The molecule has 0 aromatic carbocycles. The highest BCUT2D eigenvalue weighted by Crippen LogP contribution is 2.24. The number of carbonyl (C=O) groups is 2. The van der Waals surface area contributed by atoms with Crippen molar-refractivity contribution in [3.63, 3.8) is 0 Å². The summed E-state index contributed by atoms with van der Waals surface area (Å²) >= 11 is 0. The Morgan fingerprint density at radius 3 is 2.94 bits per heavy atom. The molecule has 102 valence electrons. The molecular formula is C12H20N2O4. The molecule has 0 aliphatic carbocycles. The highest BCUT2D eigenvalue weighted by molar-refractivity contribution is 5.84. The lowest BCUT2D eigenvalue weighted by Gasteiger charge is -2.36. The van der Waals surface area contributed by atoms with Gasteiger partial charge in [-0.1, -0.05) is 0 Å². The number of aliphatic hydroxyl groups excluding tert-OH is 1. The van der Waals surface area contributed by atoms with Gasteiger partial charge in [0, 0.05) is 19.1 Å². The maximum atomic E-state index is 11.9. The Kier molecular flexibility index (Phi) is 4.19. The number of likely N-dealkylation sites (tertiary alicyclic amines) is 1. The summed E-state index contributed by atoms with van der Waals surface area (Å²) in [5.41, 5.74) is 0. The second-order valence-electron chi connectivity index (χ2n) is 4.75. The summed E-state index contributed by atoms with van der Waals surface area (Å²) in [6.07, 6.45) is 0.281. The van der Waals surface area contributed by atoms with Crippen LogP contribution in [0.4, 0.5) is 0 Å². The first kappa shape index (κ1) is 13.3. The first-order chi connectivity index (χ1) is 8.65. The minimum atomic E-state index is -0.900. The summed E-state index contributed by atoms with van der Waals surface area (Å²) in [5.74, 6) is -0.840. The minimum absolute atomic E-state index is 0.144. The summed E-state index contributed by atoms with van der Waals surface area (Å²) in [7, 11) is 0. The van der Waals surface area contributed by atoms with Crippen LogP contribution in [0.5, 0.6) is 0 Å². The van der Waals surface area contributed by atoms with Crippen molar-refractivity contribution in [1.82, 2.24) is 10.2 Å². The molecule has 18 heavy (non-hydrogen) atoms. The Labute approximate surface area is 106 Å². The SMILES string of the molecule is CCOC(=O)C1CNCCC1N1CC[C@@H](O)C1=O. The quantitative estimate of drug-likeness (QED) is 0.641. The van der Waals surface area contributed by atoms with Crippen molar-refractivity contribution in [2.24, 2.45) is 5.92 Å². The number of esters is 1. The van der Waals surface area contributed by atoms with Gasteiger partial charge in [-0.15, -0.1) is 0 Å². The van der Waals surface area contributed by atoms with E-state index in [1.807, 2.05) is 0 Å². The van der Waals surface area contributed by atoms with Gasteiger partial charge in [0.25, 0.3) is 5.91 Å². The molecule has 2 heterocycles. The number of piperidine rings is 1. The van der Waals surface area contributed by atoms with E-state index >= 15 is 0 Å². The van der Waals surface area contributed by atoms with Crippen LogP contribution >= 0.6 is 0 Å². The molecular weight excluding hydrogens is 236 g/mol. The molecule has 0 saturated carbocycles. The van der Waals surface area contributed by atoms with Crippen molar-refractivity contribution >= 4 is 11.9 Å². The number of amides is 1. The van der Waals surface area contributed by atoms with Crippen LogP contribution in [0.15, 0.2) is 0 Å². The second-order valence-corrected chi connectivity index (χ2v) is 4.75. The first-order valence-electron chi connectivity index (χ1n) is 6.51. The average Bonchev–Trinajstić information content (AvgIpc) is 2.70. The highest BCUT2D eigenvalue weighted by Gasteiger charge is 2.42. The summed E-state index contributed by atoms with van der Waals surface area (Å²) in [5, 5.41) is 12.7. The van der Waals surface area contributed by atoms with Crippen molar-refractivity contribution < 1.29 is 19.4 Å². The number of rotatable bonds is 3. The molecule has 0 radical (unpaired) electrons. The molecule has 3 atom stereocenters. The van der Waals surface area contributed by atoms with Crippen LogP contribution in [0.3, 0.4) is 0 Å². The van der Waals surface area contributed by atoms with Gasteiger partial charge in [-0.05, 0) is 26.3 Å². The predicted molar refractivity (Wildman–Crippen MR) is 63.7 cm³/mol. The Morgan fingerprint density at radius 1 is 1.56 bits per heavy atom. The molecule has 0 aromatic rings. The lowest BCUT2D eigenvalue weighted by Crippen LogP contribution is -2.53. The number of aliphatic hydroxyl groups is 1. The fourth-order valence-electron chi connectivity index (χ4n) is 2.72. The lowest BCUT2D eigenvalue weighted by atomic mass is 9.92. The lowest BCUT2D eigenvalue weighted by molar-refractivity contribution is -0.153. The fraction of sp³-hybridized carbons (Fsp3) is 0.833. The molecule has 0 bridgehead atoms. The van der Waals surface area contributed by atoms with Crippen LogP contribution in [0.2, 0.25) is 0 Å². The van der Waals surface area contributed by atoms with Crippen molar-refractivity contribution in [3.05, 3.63) is 0 Å². The van der Waals surface area contributed by atoms with Gasteiger partial charge in [0.05, 0.1) is 12.5 Å². The van der Waals surface area contributed by atoms with E-state index < -0.39 is 6.10 Å². The normalized spacial score (nSPS) is 32.7. The van der Waals surface area contributed by atoms with E-state index in [0.717, 1.165) is 13.0 Å². The zero-order valence-corrected chi connectivity index (χ0v) is 10.6. The van der Waals surface area contributed by atoms with Crippen LogP contribution in [-0.2, 0) is 14.3 Å². The van der Waals surface area contributed by atoms with Gasteiger partial charge in [-0.25, -0.2) is 0 Å². The number of ether oxygens (including phenoxy) is 1. The third-order valence-electron chi connectivity index (χ3n) is 3.65. The van der Waals surface area contributed by atoms with Crippen LogP contribution in [0.25, 0.3) is 0 Å². The Morgan fingerprint density at radius 2 is 2.33 bits per heavy atom. The monoisotopic (exact) mass is 256 g/mol. The van der Waals surface area contributed by atoms with Crippen LogP contribution in [0.1, 0.15) is 19.8 Å². The maximum absolute atomic E-state index is 11.9. The van der Waals surface area contributed by atoms with Crippen molar-refractivity contribution in [1.29, 1.82) is 0 Å². The topological polar surface area (TPSA) is 78.9 Å². The van der Waals surface area contributed by atoms with Gasteiger partial charge >= 0.3 is 5.97 Å². The third kappa shape index (κ3) is 2.49. The number of hydrogen-bond acceptors (Lipinski definition) is 5. The van der Waals surface area contributed by atoms with Crippen LogP contribution in [-0.4, -0.2) is 60.3 Å². The number of hydrogen-bond donors (Lipinski definition) is 2. The largest absolute Gasteiger partial charge is 0.466 e. The zero-order valence-electron chi connectivity index (χ0n) is 10.6. The third-order valence-corrected chi connectivity index (χ3v) is 3.65. The molecule has 2 rings (SSSR count). The van der Waals surface area contributed by atoms with E-state index in [-0.39, 0.29) is 23.8 Å². The van der Waals surface area contributed by atoms with Gasteiger partial charge in [-0.3, -0.25) is 9.59 Å². The van der Waals surface area contributed by atoms with Gasteiger partial charge in [0.1, 0.15) is 6.10 Å². The Hall–Kier alpha value is -1.14. The molecule has 2 unspecified atom stereocenters. The summed E-state index contributed by atoms with van der Waals surface area (Å²) in [6.45, 7) is 3.96. The van der Waals surface area contributed by atoms with Crippen molar-refractivity contribution in [2.45, 2.75) is 31.9 Å². The number of carbonyl (C=O) groups excluding carboxylic acids is 2. The van der Waals surface area contributed by atoms with E-state index in [2.05, 4.69) is 5.32 Å². The van der Waals surface area contributed by atoms with Gasteiger partial charge in [0.15, 0.2) is 0 Å². The Balaban J connectivity index is 2.08. The van der Waals surface area contributed by atoms with E-state index in [1.165, 1.54) is 0 Å². The molecule has 2 N–H and O–H groups in total. The van der Waals surface area contributed by atoms with E-state index in [1.54, 1.807) is 11.8 Å². The predicted octanol–water partition coefficient (Wildman–Crippen LogP) is -0.879. The molecule has 2 aliphatic heterocycles.